The van der Waals surface area contributed by atoms with E-state index in [1.807, 2.05) is 0 Å². The molecule has 1 aromatic carbocycles. The van der Waals surface area contributed by atoms with Crippen LogP contribution < -0.4 is 15.4 Å². The van der Waals surface area contributed by atoms with Gasteiger partial charge in [-0.2, -0.15) is 0 Å². The molecule has 0 amide bonds. The van der Waals surface area contributed by atoms with E-state index in [-0.39, 0.29) is 0 Å². The highest BCUT2D eigenvalue weighted by Crippen LogP contribution is 2.32. The van der Waals surface area contributed by atoms with Gasteiger partial charge in [-0.05, 0) is 37.3 Å². The van der Waals surface area contributed by atoms with Gasteiger partial charge in [0.15, 0.2) is 0 Å². The van der Waals surface area contributed by atoms with Crippen LogP contribution in [0.5, 0.6) is 5.75 Å². The molecule has 1 heterocycles. The van der Waals surface area contributed by atoms with Crippen molar-refractivity contribution in [2.24, 2.45) is 11.7 Å². The van der Waals surface area contributed by atoms with Crippen molar-refractivity contribution in [3.63, 3.8) is 0 Å². The lowest BCUT2D eigenvalue weighted by atomic mass is 10.1. The summed E-state index contributed by atoms with van der Waals surface area (Å²) >= 11 is 0. The molecule has 3 nitrogen and oxygen atoms in total. The highest BCUT2D eigenvalue weighted by molar-refractivity contribution is 5.51. The predicted molar refractivity (Wildman–Crippen MR) is 78.7 cm³/mol. The molecule has 0 bridgehead atoms. The van der Waals surface area contributed by atoms with Crippen molar-refractivity contribution in [3.8, 4) is 5.75 Å². The van der Waals surface area contributed by atoms with E-state index in [0.29, 0.717) is 6.04 Å². The number of hydrogen-bond acceptors (Lipinski definition) is 3. The maximum atomic E-state index is 5.95. The number of nitrogens with zero attached hydrogens (tertiary/aromatic N) is 1. The van der Waals surface area contributed by atoms with Crippen LogP contribution in [-0.2, 0) is 0 Å². The highest BCUT2D eigenvalue weighted by Gasteiger charge is 2.21. The van der Waals surface area contributed by atoms with E-state index in [0.717, 1.165) is 44.2 Å². The maximum absolute atomic E-state index is 5.95. The minimum Gasteiger partial charge on any atom is -0.494 e. The van der Waals surface area contributed by atoms with Crippen molar-refractivity contribution in [3.05, 3.63) is 24.3 Å². The molecule has 0 radical (unpaired) electrons. The Morgan fingerprint density at radius 2 is 1.95 bits per heavy atom. The molecular weight excluding hydrogens is 236 g/mol. The zero-order valence-corrected chi connectivity index (χ0v) is 11.6. The molecule has 1 aliphatic heterocycles. The largest absolute Gasteiger partial charge is 0.494 e. The van der Waals surface area contributed by atoms with Crippen molar-refractivity contribution in [1.29, 1.82) is 0 Å². The Kier molecular flexibility index (Phi) is 3.92. The lowest BCUT2D eigenvalue weighted by Crippen LogP contribution is -2.39. The lowest BCUT2D eigenvalue weighted by molar-refractivity contribution is 0.302. The van der Waals surface area contributed by atoms with Gasteiger partial charge in [0.2, 0.25) is 0 Å². The Hall–Kier alpha value is -1.22. The SMILES string of the molecule is NC1CCN(c2cccc(OCCC3CC3)c2)CC1. The number of anilines is 1. The third-order valence-electron chi connectivity index (χ3n) is 4.21. The van der Waals surface area contributed by atoms with E-state index in [1.165, 1.54) is 24.9 Å². The summed E-state index contributed by atoms with van der Waals surface area (Å²) in [4.78, 5) is 2.41. The topological polar surface area (TPSA) is 38.5 Å². The van der Waals surface area contributed by atoms with Gasteiger partial charge in [-0.25, -0.2) is 0 Å². The van der Waals surface area contributed by atoms with Gasteiger partial charge in [0, 0.05) is 30.9 Å². The van der Waals surface area contributed by atoms with Crippen LogP contribution in [0.1, 0.15) is 32.1 Å². The fourth-order valence-electron chi connectivity index (χ4n) is 2.68. The van der Waals surface area contributed by atoms with Gasteiger partial charge in [-0.3, -0.25) is 0 Å². The zero-order chi connectivity index (χ0) is 13.1. The maximum Gasteiger partial charge on any atom is 0.121 e. The highest BCUT2D eigenvalue weighted by atomic mass is 16.5. The summed E-state index contributed by atoms with van der Waals surface area (Å²) in [6.45, 7) is 2.98. The third kappa shape index (κ3) is 3.63. The Morgan fingerprint density at radius 3 is 2.68 bits per heavy atom. The fourth-order valence-corrected chi connectivity index (χ4v) is 2.68. The molecule has 3 rings (SSSR count). The Balaban J connectivity index is 1.55. The molecule has 1 saturated carbocycles. The van der Waals surface area contributed by atoms with Crippen molar-refractivity contribution < 1.29 is 4.74 Å². The fraction of sp³-hybridized carbons (Fsp3) is 0.625. The van der Waals surface area contributed by atoms with E-state index in [4.69, 9.17) is 10.5 Å². The van der Waals surface area contributed by atoms with E-state index in [2.05, 4.69) is 29.2 Å². The first-order chi connectivity index (χ1) is 9.31. The van der Waals surface area contributed by atoms with Gasteiger partial charge in [0.25, 0.3) is 0 Å². The molecule has 3 heteroatoms. The van der Waals surface area contributed by atoms with Crippen molar-refractivity contribution in [1.82, 2.24) is 0 Å². The second-order valence-corrected chi connectivity index (χ2v) is 5.90. The third-order valence-corrected chi connectivity index (χ3v) is 4.21. The Bertz CT molecular complexity index is 409. The second kappa shape index (κ2) is 5.83. The van der Waals surface area contributed by atoms with Gasteiger partial charge in [-0.1, -0.05) is 18.9 Å². The van der Waals surface area contributed by atoms with E-state index in [1.54, 1.807) is 0 Å². The molecule has 19 heavy (non-hydrogen) atoms. The molecule has 0 unspecified atom stereocenters. The summed E-state index contributed by atoms with van der Waals surface area (Å²) in [5.41, 5.74) is 7.23. The number of hydrogen-bond donors (Lipinski definition) is 1. The molecular formula is C16H24N2O. The van der Waals surface area contributed by atoms with E-state index >= 15 is 0 Å². The van der Waals surface area contributed by atoms with Crippen molar-refractivity contribution in [2.75, 3.05) is 24.6 Å². The van der Waals surface area contributed by atoms with Crippen LogP contribution in [0.25, 0.3) is 0 Å². The quantitative estimate of drug-likeness (QED) is 0.884. The molecule has 1 aromatic rings. The molecule has 1 aliphatic carbocycles. The van der Waals surface area contributed by atoms with Gasteiger partial charge < -0.3 is 15.4 Å². The van der Waals surface area contributed by atoms with E-state index in [9.17, 15) is 0 Å². The molecule has 0 aromatic heterocycles. The molecule has 2 fully saturated rings. The summed E-state index contributed by atoms with van der Waals surface area (Å²) < 4.78 is 5.86. The number of nitrogens with two attached hydrogens (primary N) is 1. The molecule has 104 valence electrons. The van der Waals surface area contributed by atoms with Crippen LogP contribution >= 0.6 is 0 Å². The monoisotopic (exact) mass is 260 g/mol. The molecule has 1 saturated heterocycles. The lowest BCUT2D eigenvalue weighted by Gasteiger charge is -2.32. The first-order valence-corrected chi connectivity index (χ1v) is 7.54. The number of rotatable bonds is 5. The minimum atomic E-state index is 0.384. The smallest absolute Gasteiger partial charge is 0.121 e. The van der Waals surface area contributed by atoms with Crippen molar-refractivity contribution in [2.45, 2.75) is 38.1 Å². The van der Waals surface area contributed by atoms with Crippen LogP contribution in [0.15, 0.2) is 24.3 Å². The van der Waals surface area contributed by atoms with Crippen LogP contribution in [-0.4, -0.2) is 25.7 Å². The molecule has 0 spiro atoms. The van der Waals surface area contributed by atoms with Crippen LogP contribution in [0.3, 0.4) is 0 Å². The Morgan fingerprint density at radius 1 is 1.16 bits per heavy atom. The number of benzene rings is 1. The van der Waals surface area contributed by atoms with Gasteiger partial charge in [-0.15, -0.1) is 0 Å². The Labute approximate surface area is 115 Å². The predicted octanol–water partition coefficient (Wildman–Crippen LogP) is 2.79. The van der Waals surface area contributed by atoms with Crippen LogP contribution in [0.2, 0.25) is 0 Å². The summed E-state index contributed by atoms with van der Waals surface area (Å²) in [5.74, 6) is 1.94. The van der Waals surface area contributed by atoms with Gasteiger partial charge in [0.05, 0.1) is 6.61 Å². The molecule has 2 N–H and O–H groups in total. The van der Waals surface area contributed by atoms with Gasteiger partial charge >= 0.3 is 0 Å². The van der Waals surface area contributed by atoms with Crippen LogP contribution in [0.4, 0.5) is 5.69 Å². The number of ether oxygens (including phenoxy) is 1. The average molecular weight is 260 g/mol. The first-order valence-electron chi connectivity index (χ1n) is 7.54. The molecule has 2 aliphatic rings. The van der Waals surface area contributed by atoms with Gasteiger partial charge in [0.1, 0.15) is 5.75 Å². The normalized spacial score (nSPS) is 20.6. The standard InChI is InChI=1S/C16H24N2O/c17-14-6-9-18(10-7-14)15-2-1-3-16(12-15)19-11-8-13-4-5-13/h1-3,12-14H,4-11,17H2. The summed E-state index contributed by atoms with van der Waals surface area (Å²) in [5, 5.41) is 0. The van der Waals surface area contributed by atoms with Crippen molar-refractivity contribution >= 4 is 5.69 Å². The minimum absolute atomic E-state index is 0.384. The van der Waals surface area contributed by atoms with E-state index < -0.39 is 0 Å². The van der Waals surface area contributed by atoms with Crippen LogP contribution in [0, 0.1) is 5.92 Å². The zero-order valence-electron chi connectivity index (χ0n) is 11.6. The summed E-state index contributed by atoms with van der Waals surface area (Å²) in [6, 6.07) is 8.88. The summed E-state index contributed by atoms with van der Waals surface area (Å²) in [7, 11) is 0. The average Bonchev–Trinajstić information content (AvgIpc) is 3.24. The first kappa shape index (κ1) is 12.8. The second-order valence-electron chi connectivity index (χ2n) is 5.90. The molecule has 0 atom stereocenters. The summed E-state index contributed by atoms with van der Waals surface area (Å²) in [6.07, 6.45) is 6.19. The number of piperidine rings is 1.